The van der Waals surface area contributed by atoms with Crippen LogP contribution in [0.2, 0.25) is 19.6 Å². The quantitative estimate of drug-likeness (QED) is 0.118. The number of fused-ring (bicyclic) bond motifs is 3. The Labute approximate surface area is 362 Å². The van der Waals surface area contributed by atoms with Gasteiger partial charge in [-0.3, -0.25) is 0 Å². The molecule has 0 spiro atoms. The first-order valence-electron chi connectivity index (χ1n) is 19.7. The van der Waals surface area contributed by atoms with E-state index in [1.807, 2.05) is 30.5 Å². The number of rotatable bonds is 8. The molecule has 0 saturated heterocycles. The van der Waals surface area contributed by atoms with Crippen LogP contribution in [0.4, 0.5) is 22.7 Å². The van der Waals surface area contributed by atoms with Gasteiger partial charge in [-0.25, -0.2) is 4.98 Å². The van der Waals surface area contributed by atoms with Gasteiger partial charge < -0.3 is 27.4 Å². The van der Waals surface area contributed by atoms with Gasteiger partial charge >= 0.3 is 0 Å². The van der Waals surface area contributed by atoms with Crippen LogP contribution in [0.1, 0.15) is 79.0 Å². The van der Waals surface area contributed by atoms with E-state index in [4.69, 9.17) is 9.72 Å². The predicted octanol–water partition coefficient (Wildman–Crippen LogP) is 13.9. The van der Waals surface area contributed by atoms with Gasteiger partial charge in [-0.1, -0.05) is 129 Å². The Kier molecular flexibility index (Phi) is 12.7. The van der Waals surface area contributed by atoms with Crippen molar-refractivity contribution in [2.75, 3.05) is 10.6 Å². The standard InChI is InChI=1S/C50H56N4OSi.CH3.Pt/c1-48(2,3)33-24-25-51-47(29-33)54-45-19-14-13-18-41(45)42-22-20-39(31-46(42)54)55-38-17-15-16-36(30-38)52-43-23-21-40(56(10,11)12)32-44(43)53-37-27-34(49(4,5)6)26-35(28-37)50(7,8)9;;/h13-29,32,52-53H,1-12H3;1H3;/q-2;-1;. The van der Waals surface area contributed by atoms with E-state index in [2.05, 4.69) is 188 Å². The summed E-state index contributed by atoms with van der Waals surface area (Å²) in [7, 11) is -1.60. The number of para-hydroxylation sites is 1. The van der Waals surface area contributed by atoms with Gasteiger partial charge in [0.15, 0.2) is 0 Å². The van der Waals surface area contributed by atoms with E-state index in [0.717, 1.165) is 50.4 Å². The number of nitrogens with zero attached hydrogens (tertiary/aromatic N) is 2. The Morgan fingerprint density at radius 2 is 1.26 bits per heavy atom. The molecule has 0 saturated carbocycles. The summed E-state index contributed by atoms with van der Waals surface area (Å²) in [6, 6.07) is 43.6. The molecule has 0 unspecified atom stereocenters. The second kappa shape index (κ2) is 16.5. The Bertz CT molecular complexity index is 2530. The largest absolute Gasteiger partial charge is 0.509 e. The Balaban J connectivity index is 0.00000320. The van der Waals surface area contributed by atoms with E-state index in [0.29, 0.717) is 11.5 Å². The molecular formula is C51H59N4OPtSi-3. The minimum atomic E-state index is -1.60. The monoisotopic (exact) mass is 966 g/mol. The van der Waals surface area contributed by atoms with Gasteiger partial charge in [-0.2, -0.15) is 12.1 Å². The van der Waals surface area contributed by atoms with Crippen LogP contribution >= 0.6 is 0 Å². The summed E-state index contributed by atoms with van der Waals surface area (Å²) < 4.78 is 8.70. The summed E-state index contributed by atoms with van der Waals surface area (Å²) in [6.07, 6.45) is 1.90. The Morgan fingerprint density at radius 3 is 1.91 bits per heavy atom. The summed E-state index contributed by atoms with van der Waals surface area (Å²) >= 11 is 0. The van der Waals surface area contributed by atoms with Crippen molar-refractivity contribution < 1.29 is 25.8 Å². The van der Waals surface area contributed by atoms with Gasteiger partial charge in [-0.05, 0) is 80.8 Å². The zero-order chi connectivity index (χ0) is 40.2. The van der Waals surface area contributed by atoms with Crippen LogP contribution in [0.3, 0.4) is 0 Å². The molecule has 2 heterocycles. The van der Waals surface area contributed by atoms with E-state index in [1.165, 1.54) is 21.9 Å². The van der Waals surface area contributed by atoms with Crippen molar-refractivity contribution in [3.63, 3.8) is 0 Å². The van der Waals surface area contributed by atoms with Crippen LogP contribution < -0.4 is 20.6 Å². The molecule has 0 aliphatic carbocycles. The molecule has 0 aliphatic heterocycles. The molecule has 306 valence electrons. The maximum atomic E-state index is 6.51. The fourth-order valence-electron chi connectivity index (χ4n) is 6.97. The third-order valence-electron chi connectivity index (χ3n) is 10.5. The Morgan fingerprint density at radius 1 is 0.603 bits per heavy atom. The number of ether oxygens (including phenoxy) is 1. The maximum absolute atomic E-state index is 6.51. The molecule has 2 N–H and O–H groups in total. The maximum Gasteiger partial charge on any atom is 0.135 e. The summed E-state index contributed by atoms with van der Waals surface area (Å²) in [6.45, 7) is 27.5. The van der Waals surface area contributed by atoms with Gasteiger partial charge in [0.2, 0.25) is 0 Å². The van der Waals surface area contributed by atoms with Crippen LogP contribution in [0, 0.1) is 19.6 Å². The number of pyridine rings is 1. The molecule has 7 aromatic rings. The molecule has 2 aromatic heterocycles. The molecule has 0 bridgehead atoms. The molecule has 58 heavy (non-hydrogen) atoms. The normalized spacial score (nSPS) is 12.2. The first-order valence-corrected chi connectivity index (χ1v) is 23.2. The minimum absolute atomic E-state index is 0. The summed E-state index contributed by atoms with van der Waals surface area (Å²) in [5.74, 6) is 2.07. The molecule has 0 atom stereocenters. The van der Waals surface area contributed by atoms with E-state index < -0.39 is 8.07 Å². The Hall–Kier alpha value is -4.64. The van der Waals surface area contributed by atoms with Crippen molar-refractivity contribution in [1.29, 1.82) is 0 Å². The number of hydrogen-bond acceptors (Lipinski definition) is 4. The molecule has 0 fully saturated rings. The number of anilines is 4. The van der Waals surface area contributed by atoms with Gasteiger partial charge in [0.1, 0.15) is 5.82 Å². The van der Waals surface area contributed by atoms with Crippen molar-refractivity contribution in [3.05, 3.63) is 146 Å². The zero-order valence-corrected chi connectivity index (χ0v) is 39.8. The van der Waals surface area contributed by atoms with Crippen molar-refractivity contribution >= 4 is 57.8 Å². The summed E-state index contributed by atoms with van der Waals surface area (Å²) in [4.78, 5) is 4.83. The van der Waals surface area contributed by atoms with E-state index in [-0.39, 0.29) is 44.7 Å². The van der Waals surface area contributed by atoms with E-state index in [1.54, 1.807) is 0 Å². The first kappa shape index (κ1) is 44.5. The SMILES string of the molecule is CC(C)(C)c1cc(Nc2cc([Si](C)(C)C)ccc2Nc2[c-]c(Oc3[c-]c4c(cc3)c3ccccc3n4-c3cc(C(C)(C)C)ccn3)ccc2)cc(C(C)(C)C)c1.[CH3-].[Pt]. The van der Waals surface area contributed by atoms with Crippen molar-refractivity contribution in [3.8, 4) is 17.3 Å². The molecule has 5 nitrogen and oxygen atoms in total. The number of benzene rings is 5. The molecule has 0 radical (unpaired) electrons. The fraction of sp³-hybridized carbons (Fsp3) is 0.294. The molecule has 0 amide bonds. The van der Waals surface area contributed by atoms with Crippen molar-refractivity contribution in [2.45, 2.75) is 98.2 Å². The minimum Gasteiger partial charge on any atom is -0.509 e. The average molecular weight is 967 g/mol. The first-order chi connectivity index (χ1) is 26.2. The number of hydrogen-bond donors (Lipinski definition) is 2. The van der Waals surface area contributed by atoms with Gasteiger partial charge in [0, 0.05) is 50.0 Å². The fourth-order valence-corrected chi connectivity index (χ4v) is 8.13. The van der Waals surface area contributed by atoms with E-state index >= 15 is 0 Å². The molecule has 0 aliphatic rings. The van der Waals surface area contributed by atoms with Gasteiger partial charge in [0.05, 0.1) is 19.4 Å². The number of nitrogens with one attached hydrogen (secondary N) is 2. The van der Waals surface area contributed by atoms with E-state index in [9.17, 15) is 0 Å². The van der Waals surface area contributed by atoms with Crippen molar-refractivity contribution in [1.82, 2.24) is 9.55 Å². The van der Waals surface area contributed by atoms with Gasteiger partial charge in [0.25, 0.3) is 0 Å². The van der Waals surface area contributed by atoms with Crippen LogP contribution in [-0.2, 0) is 37.3 Å². The molecule has 7 heteroatoms. The topological polar surface area (TPSA) is 51.1 Å². The third kappa shape index (κ3) is 9.62. The second-order valence-electron chi connectivity index (χ2n) is 19.2. The van der Waals surface area contributed by atoms with Crippen molar-refractivity contribution in [2.24, 2.45) is 0 Å². The van der Waals surface area contributed by atoms with Crippen LogP contribution in [-0.4, -0.2) is 17.6 Å². The summed E-state index contributed by atoms with van der Waals surface area (Å²) in [5.41, 5.74) is 9.76. The van der Waals surface area contributed by atoms with Gasteiger partial charge in [-0.15, -0.1) is 35.7 Å². The average Bonchev–Trinajstić information content (AvgIpc) is 3.44. The second-order valence-corrected chi connectivity index (χ2v) is 24.3. The van der Waals surface area contributed by atoms with Crippen LogP contribution in [0.25, 0.3) is 27.6 Å². The molecular weight excluding hydrogens is 908 g/mol. The summed E-state index contributed by atoms with van der Waals surface area (Å²) in [5, 5.41) is 11.2. The molecule has 5 aromatic carbocycles. The van der Waals surface area contributed by atoms with Crippen LogP contribution in [0.5, 0.6) is 11.5 Å². The zero-order valence-electron chi connectivity index (χ0n) is 36.5. The van der Waals surface area contributed by atoms with Crippen LogP contribution in [0.15, 0.2) is 109 Å². The predicted molar refractivity (Wildman–Crippen MR) is 248 cm³/mol. The molecule has 7 rings (SSSR count). The number of aromatic nitrogens is 2. The smallest absolute Gasteiger partial charge is 0.135 e. The third-order valence-corrected chi connectivity index (χ3v) is 12.5.